The van der Waals surface area contributed by atoms with Crippen molar-refractivity contribution in [3.05, 3.63) is 50.9 Å². The zero-order chi connectivity index (χ0) is 16.7. The molecule has 2 aromatic carbocycles. The number of benzene rings is 2. The van der Waals surface area contributed by atoms with Gasteiger partial charge in [-0.3, -0.25) is 5.43 Å². The zero-order valence-corrected chi connectivity index (χ0v) is 16.1. The van der Waals surface area contributed by atoms with E-state index in [9.17, 15) is 0 Å². The van der Waals surface area contributed by atoms with Crippen molar-refractivity contribution in [1.82, 2.24) is 0 Å². The molecule has 1 N–H and O–H groups in total. The van der Waals surface area contributed by atoms with Crippen molar-refractivity contribution in [3.8, 4) is 11.5 Å². The quantitative estimate of drug-likeness (QED) is 0.458. The first-order chi connectivity index (χ1) is 11.1. The fourth-order valence-corrected chi connectivity index (χ4v) is 2.75. The van der Waals surface area contributed by atoms with Crippen LogP contribution in [0.1, 0.15) is 19.4 Å². The van der Waals surface area contributed by atoms with Gasteiger partial charge < -0.3 is 9.47 Å². The number of halogens is 2. The predicted molar refractivity (Wildman–Crippen MR) is 102 cm³/mol. The van der Waals surface area contributed by atoms with E-state index in [1.54, 1.807) is 6.21 Å². The molecule has 0 bridgehead atoms. The smallest absolute Gasteiger partial charge is 0.175 e. The number of ether oxygens (including phenoxy) is 2. The lowest BCUT2D eigenvalue weighted by molar-refractivity contribution is 0.286. The van der Waals surface area contributed by atoms with Crippen LogP contribution in [0.15, 0.2) is 50.4 Å². The predicted octanol–water partition coefficient (Wildman–Crippen LogP) is 5.46. The van der Waals surface area contributed by atoms with Gasteiger partial charge in [0.15, 0.2) is 11.5 Å². The molecule has 0 fully saturated rings. The fourth-order valence-electron chi connectivity index (χ4n) is 1.92. The Bertz CT molecular complexity index is 673. The highest BCUT2D eigenvalue weighted by Crippen LogP contribution is 2.36. The number of hydrazone groups is 1. The van der Waals surface area contributed by atoms with Gasteiger partial charge in [-0.1, -0.05) is 15.9 Å². The van der Waals surface area contributed by atoms with Gasteiger partial charge in [0.05, 0.1) is 29.6 Å². The highest BCUT2D eigenvalue weighted by molar-refractivity contribution is 9.10. The third-order valence-electron chi connectivity index (χ3n) is 2.87. The lowest BCUT2D eigenvalue weighted by Gasteiger charge is -2.13. The zero-order valence-electron chi connectivity index (χ0n) is 13.0. The molecule has 23 heavy (non-hydrogen) atoms. The molecule has 4 nitrogen and oxygen atoms in total. The van der Waals surface area contributed by atoms with Crippen molar-refractivity contribution < 1.29 is 9.47 Å². The summed E-state index contributed by atoms with van der Waals surface area (Å²) in [5.41, 5.74) is 4.82. The molecule has 0 saturated carbocycles. The van der Waals surface area contributed by atoms with E-state index < -0.39 is 0 Å². The Hall–Kier alpha value is -1.53. The van der Waals surface area contributed by atoms with Crippen molar-refractivity contribution in [2.45, 2.75) is 13.8 Å². The Morgan fingerprint density at radius 2 is 1.74 bits per heavy atom. The molecular formula is C17H18Br2N2O2. The normalized spacial score (nSPS) is 10.8. The van der Waals surface area contributed by atoms with Crippen LogP contribution in [0.5, 0.6) is 11.5 Å². The van der Waals surface area contributed by atoms with Crippen molar-refractivity contribution in [2.75, 3.05) is 18.6 Å². The Labute approximate surface area is 153 Å². The monoisotopic (exact) mass is 440 g/mol. The Balaban J connectivity index is 2.15. The topological polar surface area (TPSA) is 42.8 Å². The van der Waals surface area contributed by atoms with E-state index in [0.717, 1.165) is 20.2 Å². The first kappa shape index (κ1) is 17.8. The van der Waals surface area contributed by atoms with E-state index in [4.69, 9.17) is 9.47 Å². The minimum Gasteiger partial charge on any atom is -0.490 e. The molecule has 0 radical (unpaired) electrons. The average Bonchev–Trinajstić information content (AvgIpc) is 2.53. The van der Waals surface area contributed by atoms with Crippen molar-refractivity contribution >= 4 is 43.8 Å². The lowest BCUT2D eigenvalue weighted by Crippen LogP contribution is -2.00. The van der Waals surface area contributed by atoms with Crippen LogP contribution in [-0.4, -0.2) is 19.4 Å². The average molecular weight is 442 g/mol. The number of anilines is 1. The maximum Gasteiger partial charge on any atom is 0.175 e. The summed E-state index contributed by atoms with van der Waals surface area (Å²) in [5.74, 6) is 1.42. The first-order valence-electron chi connectivity index (χ1n) is 7.27. The Morgan fingerprint density at radius 1 is 1.04 bits per heavy atom. The second kappa shape index (κ2) is 8.93. The molecule has 2 rings (SSSR count). The van der Waals surface area contributed by atoms with Gasteiger partial charge in [0.25, 0.3) is 0 Å². The van der Waals surface area contributed by atoms with Crippen LogP contribution in [0.25, 0.3) is 0 Å². The van der Waals surface area contributed by atoms with Crippen LogP contribution in [0.2, 0.25) is 0 Å². The number of nitrogens with one attached hydrogen (secondary N) is 1. The Morgan fingerprint density at radius 3 is 2.39 bits per heavy atom. The molecule has 0 aliphatic heterocycles. The summed E-state index contributed by atoms with van der Waals surface area (Å²) in [5, 5.41) is 4.25. The van der Waals surface area contributed by atoms with Gasteiger partial charge in [0, 0.05) is 4.47 Å². The van der Waals surface area contributed by atoms with Crippen molar-refractivity contribution in [1.29, 1.82) is 0 Å². The fraction of sp³-hybridized carbons (Fsp3) is 0.235. The summed E-state index contributed by atoms with van der Waals surface area (Å²) >= 11 is 6.92. The van der Waals surface area contributed by atoms with Crippen LogP contribution in [-0.2, 0) is 0 Å². The molecular weight excluding hydrogens is 424 g/mol. The van der Waals surface area contributed by atoms with Crippen LogP contribution in [0.3, 0.4) is 0 Å². The first-order valence-corrected chi connectivity index (χ1v) is 8.86. The summed E-state index contributed by atoms with van der Waals surface area (Å²) in [4.78, 5) is 0. The molecule has 0 aromatic heterocycles. The molecule has 122 valence electrons. The molecule has 0 aliphatic carbocycles. The van der Waals surface area contributed by atoms with Crippen LogP contribution in [0.4, 0.5) is 5.69 Å². The molecule has 0 saturated heterocycles. The number of nitrogens with zero attached hydrogens (tertiary/aromatic N) is 1. The summed E-state index contributed by atoms with van der Waals surface area (Å²) in [6, 6.07) is 11.7. The molecule has 0 heterocycles. The maximum absolute atomic E-state index is 5.65. The molecule has 0 amide bonds. The molecule has 0 atom stereocenters. The van der Waals surface area contributed by atoms with Gasteiger partial charge in [-0.2, -0.15) is 5.10 Å². The molecule has 0 spiro atoms. The number of hydrogen-bond acceptors (Lipinski definition) is 4. The van der Waals surface area contributed by atoms with E-state index in [1.807, 2.05) is 50.2 Å². The van der Waals surface area contributed by atoms with E-state index in [2.05, 4.69) is 42.4 Å². The van der Waals surface area contributed by atoms with E-state index in [1.165, 1.54) is 0 Å². The second-order valence-corrected chi connectivity index (χ2v) is 6.34. The van der Waals surface area contributed by atoms with Crippen LogP contribution < -0.4 is 14.9 Å². The third-order valence-corrected chi connectivity index (χ3v) is 3.99. The Kier molecular flexibility index (Phi) is 6.92. The highest BCUT2D eigenvalue weighted by atomic mass is 79.9. The van der Waals surface area contributed by atoms with Gasteiger partial charge >= 0.3 is 0 Å². The van der Waals surface area contributed by atoms with Crippen molar-refractivity contribution in [3.63, 3.8) is 0 Å². The summed E-state index contributed by atoms with van der Waals surface area (Å²) in [7, 11) is 0. The molecule has 0 unspecified atom stereocenters. The third kappa shape index (κ3) is 5.25. The number of rotatable bonds is 7. The van der Waals surface area contributed by atoms with E-state index in [-0.39, 0.29) is 0 Å². The maximum atomic E-state index is 5.65. The van der Waals surface area contributed by atoms with Gasteiger partial charge in [0.1, 0.15) is 0 Å². The van der Waals surface area contributed by atoms with E-state index in [0.29, 0.717) is 24.7 Å². The minimum atomic E-state index is 0.574. The van der Waals surface area contributed by atoms with Crippen molar-refractivity contribution in [2.24, 2.45) is 5.10 Å². The molecule has 2 aromatic rings. The second-order valence-electron chi connectivity index (χ2n) is 4.57. The standard InChI is InChI=1S/C17H18Br2N2O2/c1-3-22-16-10-12(9-15(19)17(16)23-4-2)11-20-21-14-7-5-13(18)6-8-14/h5-11,21H,3-4H2,1-2H3/b20-11+. The van der Waals surface area contributed by atoms with Crippen LogP contribution >= 0.6 is 31.9 Å². The summed E-state index contributed by atoms with van der Waals surface area (Å²) in [6.45, 7) is 5.04. The minimum absolute atomic E-state index is 0.574. The van der Waals surface area contributed by atoms with Gasteiger partial charge in [-0.15, -0.1) is 0 Å². The van der Waals surface area contributed by atoms with Gasteiger partial charge in [-0.25, -0.2) is 0 Å². The molecule has 6 heteroatoms. The largest absolute Gasteiger partial charge is 0.490 e. The van der Waals surface area contributed by atoms with Gasteiger partial charge in [-0.05, 0) is 71.7 Å². The van der Waals surface area contributed by atoms with E-state index >= 15 is 0 Å². The summed E-state index contributed by atoms with van der Waals surface area (Å²) in [6.07, 6.45) is 1.74. The highest BCUT2D eigenvalue weighted by Gasteiger charge is 2.11. The SMILES string of the molecule is CCOc1cc(/C=N/Nc2ccc(Br)cc2)cc(Br)c1OCC. The summed E-state index contributed by atoms with van der Waals surface area (Å²) < 4.78 is 13.1. The van der Waals surface area contributed by atoms with Gasteiger partial charge in [0.2, 0.25) is 0 Å². The van der Waals surface area contributed by atoms with Crippen LogP contribution in [0, 0.1) is 0 Å². The molecule has 0 aliphatic rings. The number of hydrogen-bond donors (Lipinski definition) is 1. The lowest BCUT2D eigenvalue weighted by atomic mass is 10.2.